The smallest absolute Gasteiger partial charge is 0.336 e. The van der Waals surface area contributed by atoms with E-state index >= 15 is 0 Å². The number of carbonyl (C=O) groups excluding carboxylic acids is 2. The van der Waals surface area contributed by atoms with Crippen LogP contribution in [0, 0.1) is 31.6 Å². The summed E-state index contributed by atoms with van der Waals surface area (Å²) < 4.78 is 5.41. The van der Waals surface area contributed by atoms with Crippen LogP contribution in [0.2, 0.25) is 0 Å². The molecule has 1 aliphatic carbocycles. The minimum absolute atomic E-state index is 0.0113. The van der Waals surface area contributed by atoms with Crippen LogP contribution < -0.4 is 5.32 Å². The number of hydrogen-bond acceptors (Lipinski definition) is 9. The van der Waals surface area contributed by atoms with Gasteiger partial charge in [-0.3, -0.25) is 25.0 Å². The third kappa shape index (κ3) is 4.37. The van der Waals surface area contributed by atoms with E-state index in [4.69, 9.17) is 4.74 Å². The molecule has 1 aliphatic heterocycles. The summed E-state index contributed by atoms with van der Waals surface area (Å²) in [7, 11) is 0. The van der Waals surface area contributed by atoms with Gasteiger partial charge in [-0.2, -0.15) is 0 Å². The minimum Gasteiger partial charge on any atom is -0.502 e. The predicted molar refractivity (Wildman–Crippen MR) is 121 cm³/mol. The van der Waals surface area contributed by atoms with Crippen LogP contribution in [0.15, 0.2) is 34.7 Å². The fourth-order valence-corrected chi connectivity index (χ4v) is 4.27. The number of non-ortho nitro benzene ring substituents is 1. The average molecular weight is 473 g/mol. The summed E-state index contributed by atoms with van der Waals surface area (Å²) in [4.78, 5) is 48.1. The molecule has 0 saturated carbocycles. The standard InChI is InChI=1S/C23H27N3O8/c1-11(2)10-34-22(29)17-12(3)24-15-6-7-23(4,5)21(28)19(15)18(17)14-8-13(25(30)31)9-16(20(14)27)26(32)33/h8-9,11,18,24,27H,6-7,10H2,1-5H3. The van der Waals surface area contributed by atoms with Crippen molar-refractivity contribution in [1.29, 1.82) is 0 Å². The topological polar surface area (TPSA) is 162 Å². The van der Waals surface area contributed by atoms with Crippen LogP contribution in [0.5, 0.6) is 5.75 Å². The van der Waals surface area contributed by atoms with Crippen molar-refractivity contribution in [2.75, 3.05) is 6.61 Å². The van der Waals surface area contributed by atoms with Gasteiger partial charge in [-0.05, 0) is 25.7 Å². The highest BCUT2D eigenvalue weighted by molar-refractivity contribution is 6.06. The summed E-state index contributed by atoms with van der Waals surface area (Å²) >= 11 is 0. The second-order valence-corrected chi connectivity index (χ2v) is 9.61. The van der Waals surface area contributed by atoms with E-state index in [1.807, 2.05) is 13.8 Å². The molecule has 0 saturated heterocycles. The van der Waals surface area contributed by atoms with Gasteiger partial charge in [0.05, 0.1) is 34.0 Å². The lowest BCUT2D eigenvalue weighted by Gasteiger charge is -2.39. The van der Waals surface area contributed by atoms with Crippen molar-refractivity contribution in [2.24, 2.45) is 11.3 Å². The van der Waals surface area contributed by atoms with Gasteiger partial charge in [-0.25, -0.2) is 4.79 Å². The molecule has 0 fully saturated rings. The van der Waals surface area contributed by atoms with E-state index in [1.165, 1.54) is 0 Å². The third-order valence-electron chi connectivity index (χ3n) is 6.09. The van der Waals surface area contributed by atoms with Gasteiger partial charge in [0, 0.05) is 34.0 Å². The summed E-state index contributed by atoms with van der Waals surface area (Å²) in [6.45, 7) is 8.84. The van der Waals surface area contributed by atoms with Crippen molar-refractivity contribution in [2.45, 2.75) is 53.4 Å². The Morgan fingerprint density at radius 2 is 1.91 bits per heavy atom. The Bertz CT molecular complexity index is 1160. The fraction of sp³-hybridized carbons (Fsp3) is 0.478. The lowest BCUT2D eigenvalue weighted by Crippen LogP contribution is -2.40. The quantitative estimate of drug-likeness (QED) is 0.353. The monoisotopic (exact) mass is 473 g/mol. The van der Waals surface area contributed by atoms with Crippen molar-refractivity contribution >= 4 is 23.1 Å². The van der Waals surface area contributed by atoms with Crippen LogP contribution in [-0.4, -0.2) is 33.3 Å². The van der Waals surface area contributed by atoms with Gasteiger partial charge in [0.25, 0.3) is 5.69 Å². The van der Waals surface area contributed by atoms with Crippen molar-refractivity contribution in [1.82, 2.24) is 5.32 Å². The molecule has 3 rings (SSSR count). The molecule has 1 aromatic rings. The fourth-order valence-electron chi connectivity index (χ4n) is 4.27. The number of ether oxygens (including phenoxy) is 1. The predicted octanol–water partition coefficient (Wildman–Crippen LogP) is 4.01. The number of nitro benzene ring substituents is 2. The Kier molecular flexibility index (Phi) is 6.50. The number of carbonyl (C=O) groups is 2. The van der Waals surface area contributed by atoms with Gasteiger partial charge in [0.15, 0.2) is 11.5 Å². The molecule has 0 amide bonds. The first-order chi connectivity index (χ1) is 15.8. The molecule has 182 valence electrons. The molecule has 2 N–H and O–H groups in total. The number of phenolic OH excluding ortho intramolecular Hbond substituents is 1. The van der Waals surface area contributed by atoms with Gasteiger partial charge < -0.3 is 15.2 Å². The Hall–Kier alpha value is -3.76. The van der Waals surface area contributed by atoms with E-state index < -0.39 is 44.3 Å². The minimum atomic E-state index is -1.28. The van der Waals surface area contributed by atoms with Gasteiger partial charge in [0.1, 0.15) is 0 Å². The average Bonchev–Trinajstić information content (AvgIpc) is 2.74. The number of phenols is 1. The maximum atomic E-state index is 13.5. The van der Waals surface area contributed by atoms with Crippen molar-refractivity contribution in [3.63, 3.8) is 0 Å². The number of allylic oxidation sites excluding steroid dienone is 3. The molecule has 1 aromatic carbocycles. The summed E-state index contributed by atoms with van der Waals surface area (Å²) in [5.41, 5.74) is -1.63. The summed E-state index contributed by atoms with van der Waals surface area (Å²) in [5, 5.41) is 37.0. The van der Waals surface area contributed by atoms with Crippen molar-refractivity contribution < 1.29 is 29.3 Å². The number of nitrogens with zero attached hydrogens (tertiary/aromatic N) is 2. The first-order valence-corrected chi connectivity index (χ1v) is 10.8. The Morgan fingerprint density at radius 1 is 1.26 bits per heavy atom. The molecule has 1 atom stereocenters. The zero-order valence-electron chi connectivity index (χ0n) is 19.6. The Labute approximate surface area is 195 Å². The third-order valence-corrected chi connectivity index (χ3v) is 6.09. The SMILES string of the molecule is CC1=C(C(=O)OCC(C)C)C(c2cc([N+](=O)[O-])cc([N+](=O)[O-])c2O)C2=C(CCC(C)(C)C2=O)N1. The van der Waals surface area contributed by atoms with Crippen LogP contribution in [0.25, 0.3) is 0 Å². The van der Waals surface area contributed by atoms with Crippen LogP contribution >= 0.6 is 0 Å². The molecule has 0 aromatic heterocycles. The molecule has 1 unspecified atom stereocenters. The number of nitro groups is 2. The summed E-state index contributed by atoms with van der Waals surface area (Å²) in [6, 6.07) is 1.62. The van der Waals surface area contributed by atoms with E-state index in [2.05, 4.69) is 5.32 Å². The van der Waals surface area contributed by atoms with Gasteiger partial charge in [-0.15, -0.1) is 0 Å². The van der Waals surface area contributed by atoms with E-state index in [0.717, 1.165) is 6.07 Å². The number of nitrogens with one attached hydrogen (secondary N) is 1. The molecule has 0 bridgehead atoms. The van der Waals surface area contributed by atoms with E-state index in [9.17, 15) is 34.9 Å². The maximum absolute atomic E-state index is 13.5. The Morgan fingerprint density at radius 3 is 2.47 bits per heavy atom. The van der Waals surface area contributed by atoms with Crippen molar-refractivity contribution in [3.05, 3.63) is 60.5 Å². The van der Waals surface area contributed by atoms with Gasteiger partial charge in [-0.1, -0.05) is 27.7 Å². The molecule has 2 aliphatic rings. The molecule has 1 heterocycles. The highest BCUT2D eigenvalue weighted by Crippen LogP contribution is 2.51. The van der Waals surface area contributed by atoms with Gasteiger partial charge >= 0.3 is 11.7 Å². The second kappa shape index (κ2) is 8.88. The lowest BCUT2D eigenvalue weighted by atomic mass is 9.67. The van der Waals surface area contributed by atoms with Crippen LogP contribution in [-0.2, 0) is 14.3 Å². The van der Waals surface area contributed by atoms with Crippen LogP contribution in [0.4, 0.5) is 11.4 Å². The molecule has 11 heteroatoms. The molecular formula is C23H27N3O8. The van der Waals surface area contributed by atoms with Crippen molar-refractivity contribution in [3.8, 4) is 5.75 Å². The number of Topliss-reactive ketones (excluding diaryl/α,β-unsaturated/α-hetero) is 1. The number of rotatable bonds is 6. The molecule has 0 spiro atoms. The van der Waals surface area contributed by atoms with Crippen LogP contribution in [0.1, 0.15) is 58.9 Å². The Balaban J connectivity index is 2.33. The normalized spacial score (nSPS) is 19.6. The maximum Gasteiger partial charge on any atom is 0.336 e. The molecule has 34 heavy (non-hydrogen) atoms. The number of esters is 1. The summed E-state index contributed by atoms with van der Waals surface area (Å²) in [6.07, 6.45) is 0.972. The molecular weight excluding hydrogens is 446 g/mol. The zero-order chi connectivity index (χ0) is 25.5. The van der Waals surface area contributed by atoms with Crippen LogP contribution in [0.3, 0.4) is 0 Å². The number of ketones is 1. The second-order valence-electron chi connectivity index (χ2n) is 9.61. The summed E-state index contributed by atoms with van der Waals surface area (Å²) in [5.74, 6) is -3.20. The number of hydrogen-bond donors (Lipinski definition) is 2. The highest BCUT2D eigenvalue weighted by atomic mass is 16.6. The van der Waals surface area contributed by atoms with E-state index in [0.29, 0.717) is 30.3 Å². The number of benzene rings is 1. The molecule has 11 nitrogen and oxygen atoms in total. The van der Waals surface area contributed by atoms with E-state index in [1.54, 1.807) is 20.8 Å². The van der Waals surface area contributed by atoms with E-state index in [-0.39, 0.29) is 35.0 Å². The number of aromatic hydroxyl groups is 1. The molecule has 0 radical (unpaired) electrons. The largest absolute Gasteiger partial charge is 0.502 e. The lowest BCUT2D eigenvalue weighted by molar-refractivity contribution is -0.394. The zero-order valence-corrected chi connectivity index (χ0v) is 19.6. The first-order valence-electron chi connectivity index (χ1n) is 10.8. The first kappa shape index (κ1) is 24.9. The number of dihydropyridines is 1. The highest BCUT2D eigenvalue weighted by Gasteiger charge is 2.47. The van der Waals surface area contributed by atoms with Gasteiger partial charge in [0.2, 0.25) is 0 Å².